The molecule has 0 radical (unpaired) electrons. The van der Waals surface area contributed by atoms with Crippen molar-refractivity contribution in [2.45, 2.75) is 24.9 Å². The summed E-state index contributed by atoms with van der Waals surface area (Å²) >= 11 is 0. The Kier molecular flexibility index (Phi) is 5.05. The number of hydrogen-bond donors (Lipinski definition) is 1. The van der Waals surface area contributed by atoms with Crippen molar-refractivity contribution in [2.24, 2.45) is 0 Å². The number of carbonyl (C=O) groups excluding carboxylic acids is 1. The van der Waals surface area contributed by atoms with Gasteiger partial charge in [-0.3, -0.25) is 9.78 Å². The summed E-state index contributed by atoms with van der Waals surface area (Å²) < 4.78 is 5.71. The van der Waals surface area contributed by atoms with E-state index in [-0.39, 0.29) is 12.5 Å². The zero-order chi connectivity index (χ0) is 16.8. The first-order valence-corrected chi connectivity index (χ1v) is 8.12. The van der Waals surface area contributed by atoms with Crippen LogP contribution in [-0.4, -0.2) is 51.2 Å². The molecule has 6 nitrogen and oxygen atoms in total. The van der Waals surface area contributed by atoms with Crippen LogP contribution in [0.3, 0.4) is 0 Å². The highest BCUT2D eigenvalue weighted by Crippen LogP contribution is 2.24. The first kappa shape index (κ1) is 16.4. The minimum Gasteiger partial charge on any atom is -0.491 e. The molecule has 24 heavy (non-hydrogen) atoms. The second-order valence-corrected chi connectivity index (χ2v) is 6.06. The van der Waals surface area contributed by atoms with Crippen molar-refractivity contribution in [1.29, 1.82) is 0 Å². The van der Waals surface area contributed by atoms with Crippen LogP contribution in [0.15, 0.2) is 48.9 Å². The van der Waals surface area contributed by atoms with E-state index in [0.717, 1.165) is 12.2 Å². The number of hydrogen-bond acceptors (Lipinski definition) is 5. The van der Waals surface area contributed by atoms with Gasteiger partial charge in [0.15, 0.2) is 0 Å². The molecule has 126 valence electrons. The molecule has 2 aromatic rings. The van der Waals surface area contributed by atoms with Crippen molar-refractivity contribution < 1.29 is 14.6 Å². The molecule has 3 rings (SSSR count). The monoisotopic (exact) mass is 327 g/mol. The van der Waals surface area contributed by atoms with Gasteiger partial charge in [-0.05, 0) is 31.4 Å². The van der Waals surface area contributed by atoms with E-state index in [4.69, 9.17) is 4.74 Å². The van der Waals surface area contributed by atoms with Crippen molar-refractivity contribution in [3.8, 4) is 5.75 Å². The van der Waals surface area contributed by atoms with Crippen LogP contribution < -0.4 is 4.74 Å². The Morgan fingerprint density at radius 2 is 2.04 bits per heavy atom. The van der Waals surface area contributed by atoms with Crippen LogP contribution in [0.5, 0.6) is 5.75 Å². The molecule has 2 heterocycles. The molecule has 1 saturated heterocycles. The van der Waals surface area contributed by atoms with Crippen molar-refractivity contribution in [2.75, 3.05) is 19.7 Å². The van der Waals surface area contributed by atoms with Crippen molar-refractivity contribution in [1.82, 2.24) is 14.9 Å². The molecular weight excluding hydrogens is 306 g/mol. The van der Waals surface area contributed by atoms with Gasteiger partial charge in [0, 0.05) is 25.5 Å². The van der Waals surface area contributed by atoms with E-state index >= 15 is 0 Å². The van der Waals surface area contributed by atoms with Crippen LogP contribution in [0.25, 0.3) is 0 Å². The molecule has 1 aromatic carbocycles. The second-order valence-electron chi connectivity index (χ2n) is 6.06. The fourth-order valence-corrected chi connectivity index (χ4v) is 2.83. The maximum atomic E-state index is 12.5. The molecule has 1 amide bonds. The normalized spacial score (nSPS) is 21.1. The highest BCUT2D eigenvalue weighted by molar-refractivity contribution is 5.91. The number of rotatable bonds is 4. The lowest BCUT2D eigenvalue weighted by atomic mass is 9.96. The van der Waals surface area contributed by atoms with Gasteiger partial charge >= 0.3 is 0 Å². The predicted octanol–water partition coefficient (Wildman–Crippen LogP) is 1.91. The predicted molar refractivity (Wildman–Crippen MR) is 88.7 cm³/mol. The molecule has 6 heteroatoms. The summed E-state index contributed by atoms with van der Waals surface area (Å²) in [5.74, 6) is 0.596. The third-order valence-electron chi connectivity index (χ3n) is 4.24. The summed E-state index contributed by atoms with van der Waals surface area (Å²) in [6.45, 7) is 1.30. The average Bonchev–Trinajstić information content (AvgIpc) is 2.83. The fourth-order valence-electron chi connectivity index (χ4n) is 2.83. The fraction of sp³-hybridized carbons (Fsp3) is 0.389. The lowest BCUT2D eigenvalue weighted by Crippen LogP contribution is -2.38. The Morgan fingerprint density at radius 1 is 1.21 bits per heavy atom. The SMILES string of the molecule is O=C(c1cnccn1)N1CCCC(O)(COc2ccccc2)CC1. The van der Waals surface area contributed by atoms with Gasteiger partial charge in [-0.15, -0.1) is 0 Å². The number of benzene rings is 1. The summed E-state index contributed by atoms with van der Waals surface area (Å²) in [5, 5.41) is 10.8. The van der Waals surface area contributed by atoms with Crippen LogP contribution in [0.2, 0.25) is 0 Å². The number of aliphatic hydroxyl groups is 1. The molecule has 0 aliphatic carbocycles. The third-order valence-corrected chi connectivity index (χ3v) is 4.24. The minimum absolute atomic E-state index is 0.142. The van der Waals surface area contributed by atoms with Gasteiger partial charge in [0.2, 0.25) is 0 Å². The van der Waals surface area contributed by atoms with E-state index in [1.165, 1.54) is 12.4 Å². The van der Waals surface area contributed by atoms with Crippen molar-refractivity contribution in [3.63, 3.8) is 0 Å². The molecule has 0 spiro atoms. The lowest BCUT2D eigenvalue weighted by Gasteiger charge is -2.26. The molecule has 1 atom stereocenters. The van der Waals surface area contributed by atoms with Gasteiger partial charge < -0.3 is 14.7 Å². The van der Waals surface area contributed by atoms with Crippen LogP contribution in [0, 0.1) is 0 Å². The molecule has 1 N–H and O–H groups in total. The van der Waals surface area contributed by atoms with Crippen LogP contribution in [0.1, 0.15) is 29.8 Å². The summed E-state index contributed by atoms with van der Waals surface area (Å²) in [7, 11) is 0. The number of aromatic nitrogens is 2. The Morgan fingerprint density at radius 3 is 2.79 bits per heavy atom. The number of nitrogens with zero attached hydrogens (tertiary/aromatic N) is 3. The number of likely N-dealkylation sites (tertiary alicyclic amines) is 1. The van der Waals surface area contributed by atoms with E-state index in [1.54, 1.807) is 11.1 Å². The summed E-state index contributed by atoms with van der Waals surface area (Å²) in [6, 6.07) is 9.44. The Bertz CT molecular complexity index is 666. The Labute approximate surface area is 141 Å². The van der Waals surface area contributed by atoms with Gasteiger partial charge in [0.1, 0.15) is 23.7 Å². The minimum atomic E-state index is -0.923. The van der Waals surface area contributed by atoms with E-state index in [0.29, 0.717) is 31.6 Å². The maximum Gasteiger partial charge on any atom is 0.274 e. The molecule has 1 aliphatic heterocycles. The average molecular weight is 327 g/mol. The van der Waals surface area contributed by atoms with Crippen LogP contribution >= 0.6 is 0 Å². The van der Waals surface area contributed by atoms with Gasteiger partial charge in [0.25, 0.3) is 5.91 Å². The smallest absolute Gasteiger partial charge is 0.274 e. The van der Waals surface area contributed by atoms with Gasteiger partial charge in [-0.1, -0.05) is 18.2 Å². The summed E-state index contributed by atoms with van der Waals surface area (Å²) in [5.41, 5.74) is -0.587. The van der Waals surface area contributed by atoms with E-state index < -0.39 is 5.60 Å². The molecule has 1 unspecified atom stereocenters. The maximum absolute atomic E-state index is 12.5. The summed E-state index contributed by atoms with van der Waals surface area (Å²) in [6.07, 6.45) is 6.32. The van der Waals surface area contributed by atoms with Crippen molar-refractivity contribution in [3.05, 3.63) is 54.6 Å². The van der Waals surface area contributed by atoms with Gasteiger partial charge in [-0.25, -0.2) is 4.98 Å². The summed E-state index contributed by atoms with van der Waals surface area (Å²) in [4.78, 5) is 22.2. The molecule has 0 bridgehead atoms. The number of ether oxygens (including phenoxy) is 1. The Hall–Kier alpha value is -2.47. The molecule has 0 saturated carbocycles. The second kappa shape index (κ2) is 7.40. The molecule has 1 fully saturated rings. The van der Waals surface area contributed by atoms with E-state index in [9.17, 15) is 9.90 Å². The molecule has 1 aromatic heterocycles. The first-order valence-electron chi connectivity index (χ1n) is 8.12. The quantitative estimate of drug-likeness (QED) is 0.928. The first-order chi connectivity index (χ1) is 11.7. The van der Waals surface area contributed by atoms with Gasteiger partial charge in [0.05, 0.1) is 6.20 Å². The zero-order valence-corrected chi connectivity index (χ0v) is 13.5. The number of para-hydroxylation sites is 1. The largest absolute Gasteiger partial charge is 0.491 e. The molecule has 1 aliphatic rings. The van der Waals surface area contributed by atoms with Crippen molar-refractivity contribution >= 4 is 5.91 Å². The van der Waals surface area contributed by atoms with Crippen LogP contribution in [-0.2, 0) is 0 Å². The Balaban J connectivity index is 1.59. The third kappa shape index (κ3) is 4.08. The van der Waals surface area contributed by atoms with E-state index in [1.807, 2.05) is 30.3 Å². The zero-order valence-electron chi connectivity index (χ0n) is 13.5. The van der Waals surface area contributed by atoms with Crippen LogP contribution in [0.4, 0.5) is 0 Å². The lowest BCUT2D eigenvalue weighted by molar-refractivity contribution is -0.0163. The standard InChI is InChI=1S/C18H21N3O3/c22-17(16-13-19-9-10-20-16)21-11-4-7-18(23,8-12-21)14-24-15-5-2-1-3-6-15/h1-3,5-6,9-10,13,23H,4,7-8,11-12,14H2. The number of amides is 1. The highest BCUT2D eigenvalue weighted by Gasteiger charge is 2.32. The highest BCUT2D eigenvalue weighted by atomic mass is 16.5. The topological polar surface area (TPSA) is 75.6 Å². The van der Waals surface area contributed by atoms with Gasteiger partial charge in [-0.2, -0.15) is 0 Å². The van der Waals surface area contributed by atoms with E-state index in [2.05, 4.69) is 9.97 Å². The molecular formula is C18H21N3O3. The number of carbonyl (C=O) groups is 1.